The Balaban J connectivity index is 2.30. The molecule has 1 N–H and O–H groups in total. The number of aromatic nitrogens is 1. The number of aromatic amines is 1. The summed E-state index contributed by atoms with van der Waals surface area (Å²) >= 11 is 2.00. The van der Waals surface area contributed by atoms with Gasteiger partial charge in [0.1, 0.15) is 0 Å². The van der Waals surface area contributed by atoms with Crippen LogP contribution < -0.4 is 0 Å². The molecule has 0 aliphatic carbocycles. The second-order valence-electron chi connectivity index (χ2n) is 4.82. The SMILES string of the molecule is CCSCc1c(CCN(C)C)[nH]c2ccccc12. The summed E-state index contributed by atoms with van der Waals surface area (Å²) in [4.78, 5) is 5.83. The van der Waals surface area contributed by atoms with Gasteiger partial charge in [0, 0.05) is 35.3 Å². The van der Waals surface area contributed by atoms with Gasteiger partial charge in [-0.25, -0.2) is 0 Å². The van der Waals surface area contributed by atoms with Gasteiger partial charge in [0.15, 0.2) is 0 Å². The molecule has 0 spiro atoms. The van der Waals surface area contributed by atoms with Crippen molar-refractivity contribution in [2.75, 3.05) is 26.4 Å². The third kappa shape index (κ3) is 3.09. The monoisotopic (exact) mass is 262 g/mol. The highest BCUT2D eigenvalue weighted by Gasteiger charge is 2.10. The lowest BCUT2D eigenvalue weighted by Crippen LogP contribution is -2.15. The predicted octanol–water partition coefficient (Wildman–Crippen LogP) is 3.53. The lowest BCUT2D eigenvalue weighted by molar-refractivity contribution is 0.412. The molecule has 0 aliphatic heterocycles. The number of hydrogen-bond acceptors (Lipinski definition) is 2. The van der Waals surface area contributed by atoms with Crippen LogP contribution in [0.5, 0.6) is 0 Å². The normalized spacial score (nSPS) is 11.6. The molecule has 3 heteroatoms. The van der Waals surface area contributed by atoms with Crippen molar-refractivity contribution in [3.63, 3.8) is 0 Å². The fraction of sp³-hybridized carbons (Fsp3) is 0.467. The summed E-state index contributed by atoms with van der Waals surface area (Å²) in [6, 6.07) is 8.64. The summed E-state index contributed by atoms with van der Waals surface area (Å²) in [5.41, 5.74) is 4.18. The Kier molecular flexibility index (Phi) is 4.72. The maximum atomic E-state index is 3.59. The van der Waals surface area contributed by atoms with E-state index in [1.165, 1.54) is 27.9 Å². The first kappa shape index (κ1) is 13.5. The standard InChI is InChI=1S/C15H22N2S/c1-4-18-11-13-12-7-5-6-8-14(12)16-15(13)9-10-17(2)3/h5-8,16H,4,9-11H2,1-3H3. The summed E-state index contributed by atoms with van der Waals surface area (Å²) in [7, 11) is 4.26. The molecule has 0 atom stereocenters. The molecule has 0 aliphatic rings. The molecule has 2 nitrogen and oxygen atoms in total. The fourth-order valence-corrected chi connectivity index (χ4v) is 2.91. The van der Waals surface area contributed by atoms with Crippen LogP contribution in [-0.2, 0) is 12.2 Å². The molecule has 0 bridgehead atoms. The highest BCUT2D eigenvalue weighted by molar-refractivity contribution is 7.98. The number of rotatable bonds is 6. The van der Waals surface area contributed by atoms with Gasteiger partial charge < -0.3 is 9.88 Å². The fourth-order valence-electron chi connectivity index (χ4n) is 2.17. The molecule has 0 saturated heterocycles. The van der Waals surface area contributed by atoms with Gasteiger partial charge in [-0.15, -0.1) is 0 Å². The van der Waals surface area contributed by atoms with E-state index < -0.39 is 0 Å². The topological polar surface area (TPSA) is 19.0 Å². The highest BCUT2D eigenvalue weighted by Crippen LogP contribution is 2.26. The van der Waals surface area contributed by atoms with Crippen molar-refractivity contribution < 1.29 is 0 Å². The highest BCUT2D eigenvalue weighted by atomic mass is 32.2. The van der Waals surface area contributed by atoms with E-state index in [2.05, 4.69) is 55.2 Å². The Bertz CT molecular complexity index is 502. The molecule has 1 heterocycles. The Morgan fingerprint density at radius 1 is 1.22 bits per heavy atom. The molecule has 0 fully saturated rings. The van der Waals surface area contributed by atoms with Gasteiger partial charge in [-0.1, -0.05) is 25.1 Å². The van der Waals surface area contributed by atoms with Crippen molar-refractivity contribution in [2.45, 2.75) is 19.1 Å². The van der Waals surface area contributed by atoms with Gasteiger partial charge in [-0.05, 0) is 31.5 Å². The number of nitrogens with zero attached hydrogens (tertiary/aromatic N) is 1. The quantitative estimate of drug-likeness (QED) is 0.859. The van der Waals surface area contributed by atoms with Crippen LogP contribution in [0.25, 0.3) is 10.9 Å². The molecule has 0 saturated carbocycles. The third-order valence-electron chi connectivity index (χ3n) is 3.16. The van der Waals surface area contributed by atoms with E-state index in [-0.39, 0.29) is 0 Å². The minimum absolute atomic E-state index is 1.09. The second kappa shape index (κ2) is 6.30. The number of para-hydroxylation sites is 1. The summed E-state index contributed by atoms with van der Waals surface area (Å²) in [5.74, 6) is 2.29. The van der Waals surface area contributed by atoms with E-state index in [0.29, 0.717) is 0 Å². The van der Waals surface area contributed by atoms with Gasteiger partial charge in [0.05, 0.1) is 0 Å². The average Bonchev–Trinajstić information content (AvgIpc) is 2.71. The zero-order chi connectivity index (χ0) is 13.0. The molecule has 1 aromatic carbocycles. The van der Waals surface area contributed by atoms with Crippen molar-refractivity contribution in [1.29, 1.82) is 0 Å². The van der Waals surface area contributed by atoms with Crippen LogP contribution in [-0.4, -0.2) is 36.3 Å². The van der Waals surface area contributed by atoms with E-state index in [9.17, 15) is 0 Å². The van der Waals surface area contributed by atoms with Gasteiger partial charge in [0.2, 0.25) is 0 Å². The molecule has 1 aromatic heterocycles. The van der Waals surface area contributed by atoms with E-state index >= 15 is 0 Å². The molecule has 2 rings (SSSR count). The molecule has 0 unspecified atom stereocenters. The maximum Gasteiger partial charge on any atom is 0.0459 e. The maximum absolute atomic E-state index is 3.59. The van der Waals surface area contributed by atoms with E-state index in [4.69, 9.17) is 0 Å². The molecule has 98 valence electrons. The molecular formula is C15H22N2S. The number of likely N-dealkylation sites (N-methyl/N-ethyl adjacent to an activating group) is 1. The third-order valence-corrected chi connectivity index (χ3v) is 4.06. The smallest absolute Gasteiger partial charge is 0.0459 e. The molecular weight excluding hydrogens is 240 g/mol. The Morgan fingerprint density at radius 3 is 2.72 bits per heavy atom. The molecule has 18 heavy (non-hydrogen) atoms. The largest absolute Gasteiger partial charge is 0.358 e. The lowest BCUT2D eigenvalue weighted by atomic mass is 10.1. The number of H-pyrrole nitrogens is 1. The minimum Gasteiger partial charge on any atom is -0.358 e. The molecule has 0 radical (unpaired) electrons. The predicted molar refractivity (Wildman–Crippen MR) is 82.4 cm³/mol. The first-order valence-electron chi connectivity index (χ1n) is 6.53. The molecule has 2 aromatic rings. The van der Waals surface area contributed by atoms with Crippen molar-refractivity contribution in [3.05, 3.63) is 35.5 Å². The number of nitrogens with one attached hydrogen (secondary N) is 1. The summed E-state index contributed by atoms with van der Waals surface area (Å²) in [5, 5.41) is 1.40. The van der Waals surface area contributed by atoms with Crippen LogP contribution in [0.4, 0.5) is 0 Å². The zero-order valence-corrected chi connectivity index (χ0v) is 12.3. The Hall–Kier alpha value is -0.930. The number of hydrogen-bond donors (Lipinski definition) is 1. The van der Waals surface area contributed by atoms with Crippen LogP contribution in [0.3, 0.4) is 0 Å². The summed E-state index contributed by atoms with van der Waals surface area (Å²) in [6.07, 6.45) is 1.10. The number of fused-ring (bicyclic) bond motifs is 1. The van der Waals surface area contributed by atoms with E-state index in [0.717, 1.165) is 18.7 Å². The van der Waals surface area contributed by atoms with Crippen molar-refractivity contribution >= 4 is 22.7 Å². The van der Waals surface area contributed by atoms with Crippen LogP contribution in [0.2, 0.25) is 0 Å². The lowest BCUT2D eigenvalue weighted by Gasteiger charge is -2.09. The summed E-state index contributed by atoms with van der Waals surface area (Å²) in [6.45, 7) is 3.32. The average molecular weight is 262 g/mol. The minimum atomic E-state index is 1.09. The zero-order valence-electron chi connectivity index (χ0n) is 11.5. The first-order chi connectivity index (χ1) is 8.72. The Labute approximate surface area is 114 Å². The molecule has 0 amide bonds. The second-order valence-corrected chi connectivity index (χ2v) is 6.09. The van der Waals surface area contributed by atoms with Crippen LogP contribution in [0, 0.1) is 0 Å². The first-order valence-corrected chi connectivity index (χ1v) is 7.68. The van der Waals surface area contributed by atoms with Gasteiger partial charge >= 0.3 is 0 Å². The van der Waals surface area contributed by atoms with Crippen molar-refractivity contribution in [1.82, 2.24) is 9.88 Å². The number of thioether (sulfide) groups is 1. The van der Waals surface area contributed by atoms with Gasteiger partial charge in [-0.3, -0.25) is 0 Å². The number of benzene rings is 1. The van der Waals surface area contributed by atoms with E-state index in [1.54, 1.807) is 0 Å². The van der Waals surface area contributed by atoms with Crippen LogP contribution >= 0.6 is 11.8 Å². The van der Waals surface area contributed by atoms with E-state index in [1.807, 2.05) is 11.8 Å². The van der Waals surface area contributed by atoms with Crippen molar-refractivity contribution in [3.8, 4) is 0 Å². The Morgan fingerprint density at radius 2 is 2.00 bits per heavy atom. The van der Waals surface area contributed by atoms with Gasteiger partial charge in [-0.2, -0.15) is 11.8 Å². The van der Waals surface area contributed by atoms with Crippen molar-refractivity contribution in [2.24, 2.45) is 0 Å². The van der Waals surface area contributed by atoms with Gasteiger partial charge in [0.25, 0.3) is 0 Å². The van der Waals surface area contributed by atoms with Crippen LogP contribution in [0.1, 0.15) is 18.2 Å². The van der Waals surface area contributed by atoms with Crippen LogP contribution in [0.15, 0.2) is 24.3 Å². The summed E-state index contributed by atoms with van der Waals surface area (Å²) < 4.78 is 0.